The van der Waals surface area contributed by atoms with Crippen molar-refractivity contribution < 1.29 is 14.3 Å². The lowest BCUT2D eigenvalue weighted by Gasteiger charge is -2.26. The van der Waals surface area contributed by atoms with Crippen molar-refractivity contribution in [1.82, 2.24) is 10.2 Å². The number of amides is 1. The third kappa shape index (κ3) is 3.13. The van der Waals surface area contributed by atoms with E-state index in [0.717, 1.165) is 42.9 Å². The highest BCUT2D eigenvalue weighted by atomic mass is 16.7. The zero-order valence-corrected chi connectivity index (χ0v) is 12.4. The molecule has 1 aromatic carbocycles. The van der Waals surface area contributed by atoms with E-state index in [1.807, 2.05) is 30.1 Å². The van der Waals surface area contributed by atoms with Gasteiger partial charge in [0.05, 0.1) is 0 Å². The molecule has 1 atom stereocenters. The molecule has 2 aliphatic heterocycles. The topological polar surface area (TPSA) is 50.8 Å². The van der Waals surface area contributed by atoms with Gasteiger partial charge in [-0.1, -0.05) is 12.5 Å². The van der Waals surface area contributed by atoms with Gasteiger partial charge >= 0.3 is 0 Å². The van der Waals surface area contributed by atoms with Crippen LogP contribution in [0.2, 0.25) is 0 Å². The summed E-state index contributed by atoms with van der Waals surface area (Å²) in [5, 5.41) is 3.31. The summed E-state index contributed by atoms with van der Waals surface area (Å²) in [4.78, 5) is 14.1. The van der Waals surface area contributed by atoms with E-state index in [2.05, 4.69) is 5.32 Å². The molecule has 5 nitrogen and oxygen atoms in total. The van der Waals surface area contributed by atoms with Gasteiger partial charge in [0.1, 0.15) is 0 Å². The number of nitrogens with zero attached hydrogens (tertiary/aromatic N) is 1. The second kappa shape index (κ2) is 6.35. The molecule has 0 saturated carbocycles. The van der Waals surface area contributed by atoms with E-state index in [1.165, 1.54) is 0 Å². The van der Waals surface area contributed by atoms with E-state index < -0.39 is 0 Å². The summed E-state index contributed by atoms with van der Waals surface area (Å²) in [6, 6.07) is 6.09. The molecule has 1 aromatic rings. The van der Waals surface area contributed by atoms with Crippen molar-refractivity contribution in [2.24, 2.45) is 0 Å². The molecule has 2 aliphatic rings. The number of nitrogens with one attached hydrogen (secondary N) is 1. The van der Waals surface area contributed by atoms with E-state index in [4.69, 9.17) is 9.47 Å². The fourth-order valence-electron chi connectivity index (χ4n) is 2.95. The molecule has 0 aliphatic carbocycles. The van der Waals surface area contributed by atoms with Crippen LogP contribution in [0.5, 0.6) is 11.5 Å². The first-order chi connectivity index (χ1) is 10.3. The van der Waals surface area contributed by atoms with Gasteiger partial charge in [-0.2, -0.15) is 0 Å². The Labute approximate surface area is 125 Å². The summed E-state index contributed by atoms with van der Waals surface area (Å²) in [5.74, 6) is 1.85. The molecule has 1 fully saturated rings. The first kappa shape index (κ1) is 14.2. The van der Waals surface area contributed by atoms with Crippen molar-refractivity contribution >= 4 is 5.91 Å². The molecule has 0 aromatic heterocycles. The maximum atomic E-state index is 12.1. The third-order valence-corrected chi connectivity index (χ3v) is 4.22. The zero-order valence-electron chi connectivity index (χ0n) is 12.4. The summed E-state index contributed by atoms with van der Waals surface area (Å²) < 4.78 is 10.8. The average molecular weight is 290 g/mol. The maximum Gasteiger partial charge on any atom is 0.231 e. The van der Waals surface area contributed by atoms with Gasteiger partial charge < -0.3 is 19.7 Å². The lowest BCUT2D eigenvalue weighted by atomic mass is 10.1. The highest BCUT2D eigenvalue weighted by molar-refractivity contribution is 5.76. The lowest BCUT2D eigenvalue weighted by Crippen LogP contribution is -2.37. The molecule has 0 bridgehead atoms. The Morgan fingerprint density at radius 3 is 2.95 bits per heavy atom. The van der Waals surface area contributed by atoms with Crippen LogP contribution < -0.4 is 14.8 Å². The lowest BCUT2D eigenvalue weighted by molar-refractivity contribution is -0.131. The van der Waals surface area contributed by atoms with Gasteiger partial charge in [-0.25, -0.2) is 0 Å². The number of hydrogen-bond acceptors (Lipinski definition) is 4. The van der Waals surface area contributed by atoms with Crippen LogP contribution in [0.3, 0.4) is 0 Å². The van der Waals surface area contributed by atoms with Gasteiger partial charge in [0, 0.05) is 25.6 Å². The van der Waals surface area contributed by atoms with Gasteiger partial charge in [0.15, 0.2) is 11.5 Å². The van der Waals surface area contributed by atoms with E-state index in [1.54, 1.807) is 0 Å². The van der Waals surface area contributed by atoms with Crippen LogP contribution in [0.15, 0.2) is 18.2 Å². The summed E-state index contributed by atoms with van der Waals surface area (Å²) >= 11 is 0. The van der Waals surface area contributed by atoms with E-state index in [9.17, 15) is 4.79 Å². The molecule has 3 rings (SSSR count). The number of carbonyl (C=O) groups excluding carboxylic acids is 1. The normalized spacial score (nSPS) is 19.5. The molecule has 0 radical (unpaired) electrons. The van der Waals surface area contributed by atoms with Crippen molar-refractivity contribution in [3.05, 3.63) is 23.8 Å². The van der Waals surface area contributed by atoms with Crippen molar-refractivity contribution in [3.63, 3.8) is 0 Å². The van der Waals surface area contributed by atoms with Crippen molar-refractivity contribution in [3.8, 4) is 11.5 Å². The molecule has 1 N–H and O–H groups in total. The van der Waals surface area contributed by atoms with Gasteiger partial charge in [0.2, 0.25) is 12.7 Å². The number of hydrogen-bond donors (Lipinski definition) is 1. The van der Waals surface area contributed by atoms with Gasteiger partial charge in [-0.05, 0) is 37.6 Å². The number of benzene rings is 1. The second-order valence-electron chi connectivity index (χ2n) is 5.60. The van der Waals surface area contributed by atoms with Gasteiger partial charge in [-0.15, -0.1) is 0 Å². The van der Waals surface area contributed by atoms with E-state index in [-0.39, 0.29) is 18.7 Å². The summed E-state index contributed by atoms with van der Waals surface area (Å²) in [6.45, 7) is 1.85. The summed E-state index contributed by atoms with van der Waals surface area (Å²) in [7, 11) is 1.93. The van der Waals surface area contributed by atoms with Crippen LogP contribution in [-0.4, -0.2) is 37.7 Å². The molecule has 114 valence electrons. The number of rotatable bonds is 4. The second-order valence-corrected chi connectivity index (χ2v) is 5.60. The van der Waals surface area contributed by atoms with Crippen LogP contribution in [0, 0.1) is 0 Å². The average Bonchev–Trinajstić information content (AvgIpc) is 2.88. The quantitative estimate of drug-likeness (QED) is 0.922. The smallest absolute Gasteiger partial charge is 0.231 e. The largest absolute Gasteiger partial charge is 0.454 e. The molecule has 21 heavy (non-hydrogen) atoms. The van der Waals surface area contributed by atoms with Gasteiger partial charge in [-0.3, -0.25) is 4.79 Å². The van der Waals surface area contributed by atoms with Crippen LogP contribution in [0.1, 0.15) is 37.3 Å². The Bertz CT molecular complexity index is 518. The maximum absolute atomic E-state index is 12.1. The molecule has 1 saturated heterocycles. The molecule has 1 amide bonds. The van der Waals surface area contributed by atoms with Crippen molar-refractivity contribution in [1.29, 1.82) is 0 Å². The minimum atomic E-state index is 0.113. The predicted octanol–water partition coefficient (Wildman–Crippen LogP) is 2.08. The summed E-state index contributed by atoms with van der Waals surface area (Å²) in [5.41, 5.74) is 1.12. The Hall–Kier alpha value is -1.75. The third-order valence-electron chi connectivity index (χ3n) is 4.22. The predicted molar refractivity (Wildman–Crippen MR) is 79.4 cm³/mol. The first-order valence-corrected chi connectivity index (χ1v) is 7.62. The monoisotopic (exact) mass is 290 g/mol. The Balaban J connectivity index is 1.73. The van der Waals surface area contributed by atoms with Crippen LogP contribution in [-0.2, 0) is 4.79 Å². The van der Waals surface area contributed by atoms with E-state index in [0.29, 0.717) is 13.0 Å². The van der Waals surface area contributed by atoms with Crippen LogP contribution in [0.4, 0.5) is 0 Å². The number of carbonyl (C=O) groups is 1. The van der Waals surface area contributed by atoms with E-state index >= 15 is 0 Å². The SMILES string of the molecule is CNC(CN1CCCCCC1=O)c1ccc2c(c1)OCO2. The van der Waals surface area contributed by atoms with Crippen LogP contribution in [0.25, 0.3) is 0 Å². The molecule has 0 spiro atoms. The molecule has 1 unspecified atom stereocenters. The molecular formula is C16H22N2O3. The Kier molecular flexibility index (Phi) is 4.29. The minimum absolute atomic E-state index is 0.113. The number of fused-ring (bicyclic) bond motifs is 1. The highest BCUT2D eigenvalue weighted by Crippen LogP contribution is 2.34. The number of likely N-dealkylation sites (tertiary alicyclic amines) is 1. The summed E-state index contributed by atoms with van der Waals surface area (Å²) in [6.07, 6.45) is 3.95. The van der Waals surface area contributed by atoms with Crippen molar-refractivity contribution in [2.75, 3.05) is 26.9 Å². The number of likely N-dealkylation sites (N-methyl/N-ethyl adjacent to an activating group) is 1. The zero-order chi connectivity index (χ0) is 14.7. The van der Waals surface area contributed by atoms with Crippen LogP contribution >= 0.6 is 0 Å². The number of ether oxygens (including phenoxy) is 2. The molecule has 5 heteroatoms. The highest BCUT2D eigenvalue weighted by Gasteiger charge is 2.22. The first-order valence-electron chi connectivity index (χ1n) is 7.62. The van der Waals surface area contributed by atoms with Gasteiger partial charge in [0.25, 0.3) is 0 Å². The fraction of sp³-hybridized carbons (Fsp3) is 0.562. The standard InChI is InChI=1S/C16H22N2O3/c1-17-13(10-18-8-4-2-3-5-16(18)19)12-6-7-14-15(9-12)21-11-20-14/h6-7,9,13,17H,2-5,8,10-11H2,1H3. The fourth-order valence-corrected chi connectivity index (χ4v) is 2.95. The molecule has 2 heterocycles. The molecular weight excluding hydrogens is 268 g/mol. The Morgan fingerprint density at radius 2 is 2.10 bits per heavy atom. The minimum Gasteiger partial charge on any atom is -0.454 e. The van der Waals surface area contributed by atoms with Crippen molar-refractivity contribution in [2.45, 2.75) is 31.7 Å². The Morgan fingerprint density at radius 1 is 1.24 bits per heavy atom.